The fourth-order valence-electron chi connectivity index (χ4n) is 4.06. The first-order valence-electron chi connectivity index (χ1n) is 10.1. The number of fused-ring (bicyclic) bond motifs is 1. The van der Waals surface area contributed by atoms with Gasteiger partial charge in [0, 0.05) is 40.8 Å². The van der Waals surface area contributed by atoms with E-state index in [1.165, 1.54) is 12.0 Å². The lowest BCUT2D eigenvalue weighted by Gasteiger charge is -2.33. The second-order valence-corrected chi connectivity index (χ2v) is 8.03. The molecule has 4 heteroatoms. The van der Waals surface area contributed by atoms with Gasteiger partial charge >= 0.3 is 0 Å². The predicted molar refractivity (Wildman–Crippen MR) is 119 cm³/mol. The van der Waals surface area contributed by atoms with Crippen molar-refractivity contribution in [2.75, 3.05) is 5.73 Å². The van der Waals surface area contributed by atoms with Crippen LogP contribution in [0.2, 0.25) is 0 Å². The van der Waals surface area contributed by atoms with Gasteiger partial charge in [-0.25, -0.2) is 4.99 Å². The molecule has 28 heavy (non-hydrogen) atoms. The highest BCUT2D eigenvalue weighted by molar-refractivity contribution is 5.87. The zero-order chi connectivity index (χ0) is 19.7. The van der Waals surface area contributed by atoms with Crippen molar-refractivity contribution in [1.82, 2.24) is 4.98 Å². The van der Waals surface area contributed by atoms with E-state index >= 15 is 0 Å². The van der Waals surface area contributed by atoms with E-state index in [0.717, 1.165) is 58.7 Å². The summed E-state index contributed by atoms with van der Waals surface area (Å²) in [5.74, 6) is 1.85. The van der Waals surface area contributed by atoms with E-state index < -0.39 is 0 Å². The average molecular weight is 373 g/mol. The quantitative estimate of drug-likeness (QED) is 0.442. The van der Waals surface area contributed by atoms with Gasteiger partial charge in [0.05, 0.1) is 0 Å². The number of aryl methyl sites for hydroxylation is 1. The van der Waals surface area contributed by atoms with Crippen LogP contribution in [0, 0.1) is 18.8 Å². The second-order valence-electron chi connectivity index (χ2n) is 8.03. The summed E-state index contributed by atoms with van der Waals surface area (Å²) in [6, 6.07) is 6.24. The first-order valence-corrected chi connectivity index (χ1v) is 10.1. The number of benzene rings is 1. The van der Waals surface area contributed by atoms with E-state index in [2.05, 4.69) is 43.1 Å². The number of hydrogen-bond donors (Lipinski definition) is 2. The fraction of sp³-hybridized carbons (Fsp3) is 0.333. The van der Waals surface area contributed by atoms with Crippen LogP contribution in [-0.2, 0) is 0 Å². The highest BCUT2D eigenvalue weighted by Crippen LogP contribution is 2.35. The minimum atomic E-state index is 0.427. The zero-order valence-electron chi connectivity index (χ0n) is 16.7. The smallest absolute Gasteiger partial charge is 0.103 e. The Balaban J connectivity index is 1.78. The summed E-state index contributed by atoms with van der Waals surface area (Å²) >= 11 is 0. The highest BCUT2D eigenvalue weighted by atomic mass is 14.9. The zero-order valence-corrected chi connectivity index (χ0v) is 16.7. The number of nitrogens with two attached hydrogens (primary N) is 2. The van der Waals surface area contributed by atoms with Gasteiger partial charge in [-0.05, 0) is 79.5 Å². The van der Waals surface area contributed by atoms with Gasteiger partial charge in [-0.3, -0.25) is 4.98 Å². The van der Waals surface area contributed by atoms with Crippen LogP contribution in [0.1, 0.15) is 49.3 Å². The average Bonchev–Trinajstić information content (AvgIpc) is 2.63. The van der Waals surface area contributed by atoms with Gasteiger partial charge in [0.2, 0.25) is 0 Å². The number of aromatic nitrogens is 1. The van der Waals surface area contributed by atoms with Crippen LogP contribution in [0.15, 0.2) is 47.4 Å². The third kappa shape index (κ3) is 3.59. The first-order chi connectivity index (χ1) is 13.5. The van der Waals surface area contributed by atoms with Crippen LogP contribution < -0.4 is 11.5 Å². The Hall–Kier alpha value is -2.88. The molecular weight excluding hydrogens is 344 g/mol. The number of allylic oxidation sites excluding steroid dienone is 2. The molecule has 1 aromatic heterocycles. The molecule has 0 spiro atoms. The molecular formula is C24H28N4. The SMILES string of the molecule is Cc1ccncc1-c1cc(N)c2c(c1)/C=C(/N=C(N)C1CCC1C)CCC=C2. The summed E-state index contributed by atoms with van der Waals surface area (Å²) in [5.41, 5.74) is 20.1. The third-order valence-electron chi connectivity index (χ3n) is 6.04. The van der Waals surface area contributed by atoms with Gasteiger partial charge in [-0.15, -0.1) is 0 Å². The molecule has 2 aromatic rings. The third-order valence-corrected chi connectivity index (χ3v) is 6.04. The van der Waals surface area contributed by atoms with Gasteiger partial charge in [0.1, 0.15) is 5.84 Å². The Morgan fingerprint density at radius 3 is 2.82 bits per heavy atom. The molecule has 2 aliphatic rings. The molecule has 0 amide bonds. The molecule has 2 unspecified atom stereocenters. The van der Waals surface area contributed by atoms with Crippen LogP contribution >= 0.6 is 0 Å². The van der Waals surface area contributed by atoms with Crippen molar-refractivity contribution in [2.45, 2.75) is 39.5 Å². The summed E-state index contributed by atoms with van der Waals surface area (Å²) < 4.78 is 0. The predicted octanol–water partition coefficient (Wildman–Crippen LogP) is 5.19. The number of nitrogen functional groups attached to an aromatic ring is 1. The lowest BCUT2D eigenvalue weighted by molar-refractivity contribution is 0.270. The van der Waals surface area contributed by atoms with Gasteiger partial charge in [-0.1, -0.05) is 19.1 Å². The first kappa shape index (κ1) is 18.5. The summed E-state index contributed by atoms with van der Waals surface area (Å²) in [6.07, 6.45) is 14.4. The van der Waals surface area contributed by atoms with Gasteiger partial charge in [0.15, 0.2) is 0 Å². The summed E-state index contributed by atoms with van der Waals surface area (Å²) in [4.78, 5) is 9.11. The van der Waals surface area contributed by atoms with Crippen molar-refractivity contribution in [3.05, 3.63) is 59.1 Å². The monoisotopic (exact) mass is 372 g/mol. The van der Waals surface area contributed by atoms with Crippen LogP contribution in [0.25, 0.3) is 23.3 Å². The Morgan fingerprint density at radius 1 is 1.25 bits per heavy atom. The lowest BCUT2D eigenvalue weighted by atomic mass is 9.74. The van der Waals surface area contributed by atoms with Crippen LogP contribution in [0.5, 0.6) is 0 Å². The van der Waals surface area contributed by atoms with Crippen LogP contribution in [-0.4, -0.2) is 10.8 Å². The summed E-state index contributed by atoms with van der Waals surface area (Å²) in [7, 11) is 0. The molecule has 1 aromatic carbocycles. The fourth-order valence-corrected chi connectivity index (χ4v) is 4.06. The van der Waals surface area contributed by atoms with Crippen molar-refractivity contribution in [1.29, 1.82) is 0 Å². The topological polar surface area (TPSA) is 77.3 Å². The maximum atomic E-state index is 6.43. The molecule has 4 nitrogen and oxygen atoms in total. The van der Waals surface area contributed by atoms with Crippen LogP contribution in [0.3, 0.4) is 0 Å². The molecule has 0 bridgehead atoms. The highest BCUT2D eigenvalue weighted by Gasteiger charge is 2.29. The molecule has 0 radical (unpaired) electrons. The number of rotatable bonds is 3. The molecule has 0 saturated heterocycles. The summed E-state index contributed by atoms with van der Waals surface area (Å²) in [6.45, 7) is 4.35. The van der Waals surface area contributed by atoms with Crippen molar-refractivity contribution >= 4 is 23.7 Å². The Bertz CT molecular complexity index is 984. The molecule has 1 saturated carbocycles. The summed E-state index contributed by atoms with van der Waals surface area (Å²) in [5, 5.41) is 0. The minimum Gasteiger partial charge on any atom is -0.398 e. The molecule has 4 N–H and O–H groups in total. The molecule has 144 valence electrons. The Labute approximate surface area is 167 Å². The van der Waals surface area contributed by atoms with Gasteiger partial charge in [0.25, 0.3) is 0 Å². The van der Waals surface area contributed by atoms with Crippen molar-refractivity contribution in [3.63, 3.8) is 0 Å². The second kappa shape index (κ2) is 7.63. The van der Waals surface area contributed by atoms with Gasteiger partial charge < -0.3 is 11.5 Å². The molecule has 0 aliphatic heterocycles. The molecule has 4 rings (SSSR count). The van der Waals surface area contributed by atoms with Crippen LogP contribution in [0.4, 0.5) is 5.69 Å². The van der Waals surface area contributed by atoms with E-state index in [9.17, 15) is 0 Å². The number of nitrogens with zero attached hydrogens (tertiary/aromatic N) is 2. The number of amidine groups is 1. The van der Waals surface area contributed by atoms with E-state index in [-0.39, 0.29) is 0 Å². The van der Waals surface area contributed by atoms with Crippen molar-refractivity contribution in [3.8, 4) is 11.1 Å². The molecule has 1 fully saturated rings. The Morgan fingerprint density at radius 2 is 2.11 bits per heavy atom. The standard InChI is InChI=1S/C24H28N4/c1-15-7-8-20(15)24(26)28-19-5-3-4-6-21-17(12-19)11-18(13-23(21)25)22-14-27-10-9-16(22)2/h4,6,9-15,20H,3,5,7-8,25H2,1-2H3,(H2,26,28)/b6-4?,19-12+. The number of hydrogen-bond acceptors (Lipinski definition) is 3. The van der Waals surface area contributed by atoms with E-state index in [4.69, 9.17) is 16.5 Å². The number of aliphatic imine (C=N–C) groups is 1. The van der Waals surface area contributed by atoms with Gasteiger partial charge in [-0.2, -0.15) is 0 Å². The molecule has 2 aliphatic carbocycles. The van der Waals surface area contributed by atoms with Crippen molar-refractivity contribution < 1.29 is 0 Å². The van der Waals surface area contributed by atoms with E-state index in [1.54, 1.807) is 0 Å². The Kier molecular flexibility index (Phi) is 5.03. The maximum absolute atomic E-state index is 6.43. The molecule has 2 atom stereocenters. The normalized spacial score (nSPS) is 23.8. The number of pyridine rings is 1. The van der Waals surface area contributed by atoms with E-state index in [1.807, 2.05) is 24.5 Å². The largest absolute Gasteiger partial charge is 0.398 e. The number of anilines is 1. The lowest BCUT2D eigenvalue weighted by Crippen LogP contribution is -2.36. The minimum absolute atomic E-state index is 0.427. The van der Waals surface area contributed by atoms with E-state index in [0.29, 0.717) is 11.8 Å². The molecule has 1 heterocycles. The van der Waals surface area contributed by atoms with Crippen molar-refractivity contribution in [2.24, 2.45) is 22.6 Å². The maximum Gasteiger partial charge on any atom is 0.103 e.